The largest absolute Gasteiger partial charge is 0.504 e. The number of hydrogen-bond acceptors (Lipinski definition) is 4. The van der Waals surface area contributed by atoms with Crippen molar-refractivity contribution in [1.29, 1.82) is 0 Å². The lowest BCUT2D eigenvalue weighted by Gasteiger charge is -2.15. The third-order valence-electron chi connectivity index (χ3n) is 2.67. The Morgan fingerprint density at radius 1 is 1.50 bits per heavy atom. The molecule has 3 N–H and O–H groups in total. The van der Waals surface area contributed by atoms with Gasteiger partial charge in [0.2, 0.25) is 5.91 Å². The molecule has 18 heavy (non-hydrogen) atoms. The Labute approximate surface area is 106 Å². The molecule has 1 amide bonds. The van der Waals surface area contributed by atoms with Crippen LogP contribution in [-0.4, -0.2) is 36.4 Å². The number of phenols is 1. The SMILES string of the molecule is COc1cc(CC(CO)CNC(C)=O)ccc1O. The van der Waals surface area contributed by atoms with Crippen LogP contribution in [-0.2, 0) is 11.2 Å². The first-order chi connectivity index (χ1) is 8.56. The fourth-order valence-electron chi connectivity index (χ4n) is 1.67. The second-order valence-corrected chi connectivity index (χ2v) is 4.20. The van der Waals surface area contributed by atoms with E-state index >= 15 is 0 Å². The monoisotopic (exact) mass is 253 g/mol. The van der Waals surface area contributed by atoms with Gasteiger partial charge in [0.15, 0.2) is 11.5 Å². The van der Waals surface area contributed by atoms with Gasteiger partial charge in [-0.2, -0.15) is 0 Å². The first-order valence-corrected chi connectivity index (χ1v) is 5.78. The zero-order valence-electron chi connectivity index (χ0n) is 10.6. The van der Waals surface area contributed by atoms with Crippen LogP contribution in [0.15, 0.2) is 18.2 Å². The van der Waals surface area contributed by atoms with Gasteiger partial charge in [0.1, 0.15) is 0 Å². The summed E-state index contributed by atoms with van der Waals surface area (Å²) in [5, 5.41) is 21.4. The van der Waals surface area contributed by atoms with E-state index in [1.807, 2.05) is 0 Å². The highest BCUT2D eigenvalue weighted by Crippen LogP contribution is 2.27. The lowest BCUT2D eigenvalue weighted by atomic mass is 9.99. The lowest BCUT2D eigenvalue weighted by molar-refractivity contribution is -0.119. The molecule has 0 aliphatic carbocycles. The Bertz CT molecular complexity index is 406. The van der Waals surface area contributed by atoms with Gasteiger partial charge in [-0.05, 0) is 24.1 Å². The predicted molar refractivity (Wildman–Crippen MR) is 67.6 cm³/mol. The van der Waals surface area contributed by atoms with Crippen molar-refractivity contribution in [3.8, 4) is 11.5 Å². The van der Waals surface area contributed by atoms with Gasteiger partial charge in [0, 0.05) is 26.0 Å². The summed E-state index contributed by atoms with van der Waals surface area (Å²) in [6.45, 7) is 1.86. The second-order valence-electron chi connectivity index (χ2n) is 4.20. The van der Waals surface area contributed by atoms with Crippen molar-refractivity contribution < 1.29 is 19.7 Å². The van der Waals surface area contributed by atoms with Crippen LogP contribution in [0.4, 0.5) is 0 Å². The average molecular weight is 253 g/mol. The fourth-order valence-corrected chi connectivity index (χ4v) is 1.67. The highest BCUT2D eigenvalue weighted by Gasteiger charge is 2.11. The smallest absolute Gasteiger partial charge is 0.216 e. The Hall–Kier alpha value is -1.75. The number of hydrogen-bond donors (Lipinski definition) is 3. The molecule has 1 atom stereocenters. The Morgan fingerprint density at radius 3 is 2.78 bits per heavy atom. The molecule has 0 aliphatic rings. The summed E-state index contributed by atoms with van der Waals surface area (Å²) in [7, 11) is 1.49. The van der Waals surface area contributed by atoms with E-state index < -0.39 is 0 Å². The van der Waals surface area contributed by atoms with Crippen LogP contribution >= 0.6 is 0 Å². The summed E-state index contributed by atoms with van der Waals surface area (Å²) in [6.07, 6.45) is 0.605. The number of aliphatic hydroxyl groups excluding tert-OH is 1. The van der Waals surface area contributed by atoms with E-state index in [0.29, 0.717) is 18.7 Å². The normalized spacial score (nSPS) is 11.9. The van der Waals surface area contributed by atoms with Crippen molar-refractivity contribution in [3.63, 3.8) is 0 Å². The van der Waals surface area contributed by atoms with Crippen molar-refractivity contribution in [3.05, 3.63) is 23.8 Å². The molecule has 0 aromatic heterocycles. The summed E-state index contributed by atoms with van der Waals surface area (Å²) in [5.41, 5.74) is 0.939. The van der Waals surface area contributed by atoms with E-state index in [-0.39, 0.29) is 24.2 Å². The van der Waals surface area contributed by atoms with E-state index in [1.54, 1.807) is 18.2 Å². The molecule has 1 rings (SSSR count). The van der Waals surface area contributed by atoms with E-state index in [1.165, 1.54) is 14.0 Å². The summed E-state index contributed by atoms with van der Waals surface area (Å²) < 4.78 is 5.02. The van der Waals surface area contributed by atoms with Gasteiger partial charge in [-0.1, -0.05) is 6.07 Å². The van der Waals surface area contributed by atoms with Crippen LogP contribution in [0.2, 0.25) is 0 Å². The van der Waals surface area contributed by atoms with Crippen molar-refractivity contribution in [1.82, 2.24) is 5.32 Å². The van der Waals surface area contributed by atoms with Crippen LogP contribution < -0.4 is 10.1 Å². The number of phenolic OH excluding ortho intramolecular Hbond substituents is 1. The minimum absolute atomic E-state index is 0.0104. The summed E-state index contributed by atoms with van der Waals surface area (Å²) in [6, 6.07) is 5.06. The lowest BCUT2D eigenvalue weighted by Crippen LogP contribution is -2.30. The Morgan fingerprint density at radius 2 is 2.22 bits per heavy atom. The maximum Gasteiger partial charge on any atom is 0.216 e. The molecule has 1 unspecified atom stereocenters. The molecule has 5 nitrogen and oxygen atoms in total. The van der Waals surface area contributed by atoms with Crippen molar-refractivity contribution in [2.24, 2.45) is 5.92 Å². The molecule has 0 heterocycles. The molecule has 0 bridgehead atoms. The van der Waals surface area contributed by atoms with Crippen molar-refractivity contribution in [2.75, 3.05) is 20.3 Å². The van der Waals surface area contributed by atoms with Crippen molar-refractivity contribution in [2.45, 2.75) is 13.3 Å². The molecule has 1 aromatic carbocycles. The van der Waals surface area contributed by atoms with Crippen LogP contribution in [0.5, 0.6) is 11.5 Å². The number of amides is 1. The van der Waals surface area contributed by atoms with Gasteiger partial charge in [-0.25, -0.2) is 0 Å². The maximum atomic E-state index is 10.8. The third-order valence-corrected chi connectivity index (χ3v) is 2.67. The summed E-state index contributed by atoms with van der Waals surface area (Å²) in [5.74, 6) is 0.326. The molecule has 0 saturated carbocycles. The quantitative estimate of drug-likeness (QED) is 0.697. The highest BCUT2D eigenvalue weighted by molar-refractivity contribution is 5.72. The number of benzene rings is 1. The number of rotatable bonds is 6. The predicted octanol–water partition coefficient (Wildman–Crippen LogP) is 0.688. The maximum absolute atomic E-state index is 10.8. The number of carbonyl (C=O) groups is 1. The van der Waals surface area contributed by atoms with Crippen LogP contribution in [0, 0.1) is 5.92 Å². The second kappa shape index (κ2) is 6.86. The molecule has 0 radical (unpaired) electrons. The fraction of sp³-hybridized carbons (Fsp3) is 0.462. The molecule has 100 valence electrons. The molecule has 0 spiro atoms. The summed E-state index contributed by atoms with van der Waals surface area (Å²) in [4.78, 5) is 10.8. The van der Waals surface area contributed by atoms with E-state index in [9.17, 15) is 15.0 Å². The van der Waals surface area contributed by atoms with Crippen molar-refractivity contribution >= 4 is 5.91 Å². The zero-order chi connectivity index (χ0) is 13.5. The van der Waals surface area contributed by atoms with Crippen LogP contribution in [0.1, 0.15) is 12.5 Å². The molecule has 5 heteroatoms. The van der Waals surface area contributed by atoms with E-state index in [4.69, 9.17) is 4.74 Å². The first-order valence-electron chi connectivity index (χ1n) is 5.78. The number of carbonyl (C=O) groups excluding carboxylic acids is 1. The van der Waals surface area contributed by atoms with Crippen LogP contribution in [0.25, 0.3) is 0 Å². The average Bonchev–Trinajstić information content (AvgIpc) is 2.36. The molecule has 1 aromatic rings. The number of nitrogens with one attached hydrogen (secondary N) is 1. The molecular formula is C13H19NO4. The van der Waals surface area contributed by atoms with Gasteiger partial charge in [0.25, 0.3) is 0 Å². The third kappa shape index (κ3) is 4.25. The van der Waals surface area contributed by atoms with Crippen LogP contribution in [0.3, 0.4) is 0 Å². The van der Waals surface area contributed by atoms with Gasteiger partial charge in [0.05, 0.1) is 7.11 Å². The molecule has 0 aliphatic heterocycles. The number of methoxy groups -OCH3 is 1. The summed E-state index contributed by atoms with van der Waals surface area (Å²) >= 11 is 0. The Kier molecular flexibility index (Phi) is 5.45. The Balaban J connectivity index is 2.66. The van der Waals surface area contributed by atoms with E-state index in [0.717, 1.165) is 5.56 Å². The topological polar surface area (TPSA) is 78.8 Å². The number of aliphatic hydroxyl groups is 1. The minimum Gasteiger partial charge on any atom is -0.504 e. The number of ether oxygens (including phenoxy) is 1. The van der Waals surface area contributed by atoms with Gasteiger partial charge in [-0.15, -0.1) is 0 Å². The minimum atomic E-state index is -0.114. The molecule has 0 saturated heterocycles. The first kappa shape index (κ1) is 14.3. The van der Waals surface area contributed by atoms with Gasteiger partial charge < -0.3 is 20.3 Å². The zero-order valence-corrected chi connectivity index (χ0v) is 10.6. The van der Waals surface area contributed by atoms with E-state index in [2.05, 4.69) is 5.32 Å². The van der Waals surface area contributed by atoms with Gasteiger partial charge >= 0.3 is 0 Å². The molecule has 0 fully saturated rings. The highest BCUT2D eigenvalue weighted by atomic mass is 16.5. The standard InChI is InChI=1S/C13H19NO4/c1-9(16)14-7-11(8-15)5-10-3-4-12(17)13(6-10)18-2/h3-4,6,11,15,17H,5,7-8H2,1-2H3,(H,14,16). The molecular weight excluding hydrogens is 234 g/mol. The van der Waals surface area contributed by atoms with Gasteiger partial charge in [-0.3, -0.25) is 4.79 Å². The number of aromatic hydroxyl groups is 1.